The van der Waals surface area contributed by atoms with Crippen LogP contribution < -0.4 is 0 Å². The first kappa shape index (κ1) is 28.4. The molecule has 1 N–H and O–H groups in total. The second-order valence-corrected chi connectivity index (χ2v) is 8.72. The van der Waals surface area contributed by atoms with Gasteiger partial charge < -0.3 is 14.6 Å². The Bertz CT molecular complexity index is 474. The van der Waals surface area contributed by atoms with E-state index in [0.717, 1.165) is 25.2 Å². The van der Waals surface area contributed by atoms with Crippen molar-refractivity contribution < 1.29 is 29.0 Å². The molecule has 2 atom stereocenters. The first-order chi connectivity index (χ1) is 14.2. The summed E-state index contributed by atoms with van der Waals surface area (Å²) in [5.41, 5.74) is 0. The summed E-state index contributed by atoms with van der Waals surface area (Å²) in [6, 6.07) is 0. The minimum Gasteiger partial charge on any atom is -0.479 e. The van der Waals surface area contributed by atoms with Gasteiger partial charge in [0.15, 0.2) is 12.2 Å². The predicted octanol–water partition coefficient (Wildman–Crippen LogP) is 6.05. The molecule has 0 bridgehead atoms. The number of rotatable bonds is 19. The number of carbonyl (C=O) groups is 3. The molecule has 0 radical (unpaired) electrons. The number of carbonyl (C=O) groups excluding carboxylic acids is 2. The topological polar surface area (TPSA) is 89.9 Å². The molecular formula is C24H44O6. The Morgan fingerprint density at radius 1 is 0.633 bits per heavy atom. The van der Waals surface area contributed by atoms with Crippen LogP contribution in [0.25, 0.3) is 0 Å². The lowest BCUT2D eigenvalue weighted by molar-refractivity contribution is -0.174. The average molecular weight is 429 g/mol. The Balaban J connectivity index is 3.48. The van der Waals surface area contributed by atoms with Crippen molar-refractivity contribution in [2.75, 3.05) is 0 Å². The van der Waals surface area contributed by atoms with E-state index in [9.17, 15) is 14.4 Å². The molecule has 0 aliphatic heterocycles. The number of ether oxygens (including phenoxy) is 2. The standard InChI is InChI=1S/C24H44O6/c1-19(2)17-15-13-11-9-7-5-6-8-10-12-14-16-18-22(25)29-21(4)24(28)30-20(3)23(26)27/h19-21H,5-18H2,1-4H3,(H,26,27)/t20-,21-/m0/s1. The van der Waals surface area contributed by atoms with Crippen LogP contribution in [-0.2, 0) is 23.9 Å². The summed E-state index contributed by atoms with van der Waals surface area (Å²) in [7, 11) is 0. The molecule has 0 spiro atoms. The third-order valence-corrected chi connectivity index (χ3v) is 5.19. The van der Waals surface area contributed by atoms with Crippen molar-refractivity contribution in [3.63, 3.8) is 0 Å². The predicted molar refractivity (Wildman–Crippen MR) is 118 cm³/mol. The molecule has 0 aliphatic carbocycles. The third-order valence-electron chi connectivity index (χ3n) is 5.19. The van der Waals surface area contributed by atoms with Crippen molar-refractivity contribution in [2.24, 2.45) is 5.92 Å². The number of carboxylic acids is 1. The van der Waals surface area contributed by atoms with E-state index in [-0.39, 0.29) is 6.42 Å². The molecule has 0 saturated carbocycles. The number of hydrogen-bond acceptors (Lipinski definition) is 5. The third kappa shape index (κ3) is 17.3. The van der Waals surface area contributed by atoms with Gasteiger partial charge >= 0.3 is 17.9 Å². The van der Waals surface area contributed by atoms with E-state index < -0.39 is 30.1 Å². The highest BCUT2D eigenvalue weighted by Crippen LogP contribution is 2.14. The minimum absolute atomic E-state index is 0.267. The van der Waals surface area contributed by atoms with Crippen LogP contribution in [0.5, 0.6) is 0 Å². The molecule has 0 heterocycles. The molecule has 0 unspecified atom stereocenters. The van der Waals surface area contributed by atoms with Gasteiger partial charge in [-0.3, -0.25) is 4.79 Å². The van der Waals surface area contributed by atoms with Crippen LogP contribution in [0.3, 0.4) is 0 Å². The Morgan fingerprint density at radius 3 is 1.50 bits per heavy atom. The molecule has 0 fully saturated rings. The van der Waals surface area contributed by atoms with Gasteiger partial charge in [0.1, 0.15) is 0 Å². The molecule has 30 heavy (non-hydrogen) atoms. The van der Waals surface area contributed by atoms with Gasteiger partial charge in [0.05, 0.1) is 0 Å². The molecule has 0 aromatic carbocycles. The van der Waals surface area contributed by atoms with E-state index in [1.807, 2.05) is 0 Å². The highest BCUT2D eigenvalue weighted by Gasteiger charge is 2.23. The first-order valence-corrected chi connectivity index (χ1v) is 11.9. The Labute approximate surface area is 183 Å². The lowest BCUT2D eigenvalue weighted by atomic mass is 10.0. The van der Waals surface area contributed by atoms with Gasteiger partial charge in [-0.15, -0.1) is 0 Å². The largest absolute Gasteiger partial charge is 0.479 e. The summed E-state index contributed by atoms with van der Waals surface area (Å²) >= 11 is 0. The summed E-state index contributed by atoms with van der Waals surface area (Å²) in [6.07, 6.45) is 14.0. The van der Waals surface area contributed by atoms with E-state index in [1.165, 1.54) is 78.1 Å². The van der Waals surface area contributed by atoms with Crippen LogP contribution in [0.4, 0.5) is 0 Å². The fourth-order valence-corrected chi connectivity index (χ4v) is 3.21. The SMILES string of the molecule is CC(C)CCCCCCCCCCCCCCC(=O)O[C@@H](C)C(=O)O[C@@H](C)C(=O)O. The van der Waals surface area contributed by atoms with E-state index in [2.05, 4.69) is 18.6 Å². The van der Waals surface area contributed by atoms with Crippen LogP contribution in [0.15, 0.2) is 0 Å². The Kier molecular flexibility index (Phi) is 17.2. The highest BCUT2D eigenvalue weighted by atomic mass is 16.6. The molecule has 176 valence electrons. The van der Waals surface area contributed by atoms with Crippen molar-refractivity contribution >= 4 is 17.9 Å². The fraction of sp³-hybridized carbons (Fsp3) is 0.875. The molecule has 6 heteroatoms. The van der Waals surface area contributed by atoms with E-state index in [0.29, 0.717) is 0 Å². The van der Waals surface area contributed by atoms with Crippen molar-refractivity contribution in [3.8, 4) is 0 Å². The smallest absolute Gasteiger partial charge is 0.347 e. The van der Waals surface area contributed by atoms with Crippen molar-refractivity contribution in [2.45, 2.75) is 130 Å². The normalized spacial score (nSPS) is 13.1. The van der Waals surface area contributed by atoms with Crippen molar-refractivity contribution in [3.05, 3.63) is 0 Å². The summed E-state index contributed by atoms with van der Waals surface area (Å²) in [4.78, 5) is 34.1. The van der Waals surface area contributed by atoms with Gasteiger partial charge in [-0.05, 0) is 26.2 Å². The van der Waals surface area contributed by atoms with Gasteiger partial charge in [-0.2, -0.15) is 0 Å². The van der Waals surface area contributed by atoms with Gasteiger partial charge in [0, 0.05) is 6.42 Å². The Hall–Kier alpha value is -1.59. The second kappa shape index (κ2) is 18.2. The van der Waals surface area contributed by atoms with Gasteiger partial charge in [-0.1, -0.05) is 90.9 Å². The number of aliphatic carboxylic acids is 1. The van der Waals surface area contributed by atoms with Crippen LogP contribution in [-0.4, -0.2) is 35.2 Å². The molecule has 0 aromatic heterocycles. The van der Waals surface area contributed by atoms with Crippen molar-refractivity contribution in [1.29, 1.82) is 0 Å². The molecular weight excluding hydrogens is 384 g/mol. The zero-order valence-electron chi connectivity index (χ0n) is 19.6. The lowest BCUT2D eigenvalue weighted by Crippen LogP contribution is -2.32. The molecule has 0 aliphatic rings. The van der Waals surface area contributed by atoms with Gasteiger partial charge in [-0.25, -0.2) is 9.59 Å². The molecule has 0 saturated heterocycles. The van der Waals surface area contributed by atoms with Crippen LogP contribution >= 0.6 is 0 Å². The first-order valence-electron chi connectivity index (χ1n) is 11.9. The van der Waals surface area contributed by atoms with E-state index >= 15 is 0 Å². The highest BCUT2D eigenvalue weighted by molar-refractivity contribution is 5.82. The van der Waals surface area contributed by atoms with Crippen molar-refractivity contribution in [1.82, 2.24) is 0 Å². The van der Waals surface area contributed by atoms with Crippen LogP contribution in [0.2, 0.25) is 0 Å². The maximum absolute atomic E-state index is 11.8. The van der Waals surface area contributed by atoms with Crippen LogP contribution in [0, 0.1) is 5.92 Å². The minimum atomic E-state index is -1.26. The quantitative estimate of drug-likeness (QED) is 0.199. The van der Waals surface area contributed by atoms with Crippen LogP contribution in [0.1, 0.15) is 118 Å². The molecule has 0 aromatic rings. The monoisotopic (exact) mass is 428 g/mol. The number of carboxylic acid groups (broad SMARTS) is 1. The average Bonchev–Trinajstić information content (AvgIpc) is 2.67. The maximum atomic E-state index is 11.8. The molecule has 0 amide bonds. The zero-order chi connectivity index (χ0) is 22.8. The number of esters is 2. The van der Waals surface area contributed by atoms with Gasteiger partial charge in [0.2, 0.25) is 0 Å². The number of hydrogen-bond donors (Lipinski definition) is 1. The van der Waals surface area contributed by atoms with E-state index in [1.54, 1.807) is 0 Å². The lowest BCUT2D eigenvalue weighted by Gasteiger charge is -2.14. The van der Waals surface area contributed by atoms with E-state index in [4.69, 9.17) is 9.84 Å². The number of unbranched alkanes of at least 4 members (excludes halogenated alkanes) is 11. The summed E-state index contributed by atoms with van der Waals surface area (Å²) < 4.78 is 9.69. The fourth-order valence-electron chi connectivity index (χ4n) is 3.21. The molecule has 6 nitrogen and oxygen atoms in total. The summed E-state index contributed by atoms with van der Waals surface area (Å²) in [5, 5.41) is 8.71. The molecule has 0 rings (SSSR count). The summed E-state index contributed by atoms with van der Waals surface area (Å²) in [6.45, 7) is 7.22. The second-order valence-electron chi connectivity index (χ2n) is 8.72. The summed E-state index contributed by atoms with van der Waals surface area (Å²) in [5.74, 6) is -1.69. The maximum Gasteiger partial charge on any atom is 0.347 e. The van der Waals surface area contributed by atoms with Gasteiger partial charge in [0.25, 0.3) is 0 Å². The Morgan fingerprint density at radius 2 is 1.07 bits per heavy atom. The zero-order valence-corrected chi connectivity index (χ0v) is 19.6.